The van der Waals surface area contributed by atoms with E-state index >= 15 is 0 Å². The van der Waals surface area contributed by atoms with Crippen LogP contribution in [0.3, 0.4) is 0 Å². The smallest absolute Gasteiger partial charge is 0.726 e. The van der Waals surface area contributed by atoms with Crippen molar-refractivity contribution in [3.8, 4) is 0 Å². The molecule has 0 saturated carbocycles. The number of unbranched alkanes of at least 4 members (excludes halogenated alkanes) is 29. The SMILES string of the molecule is CCCCCCCCCCCCC/C=C/[C@@H](O)[C@H](CO[C@H]1O[C@H](CO)[C@H](O)[C@H](OS(=O)(=O)[O-])[C@H]1O)NC(=O)CCCCCCCCCCCCCCCCCCCCC.[Na+]. The van der Waals surface area contributed by atoms with E-state index < -0.39 is 59.9 Å². The summed E-state index contributed by atoms with van der Waals surface area (Å²) in [5.41, 5.74) is 0. The first-order valence-corrected chi connectivity index (χ1v) is 25.4. The Morgan fingerprint density at radius 1 is 0.683 bits per heavy atom. The number of aliphatic hydroxyl groups excluding tert-OH is 4. The predicted octanol–water partition coefficient (Wildman–Crippen LogP) is 6.22. The van der Waals surface area contributed by atoms with E-state index in [-0.39, 0.29) is 48.5 Å². The Kier molecular flexibility index (Phi) is 40.2. The average molecular weight is 886 g/mol. The van der Waals surface area contributed by atoms with Crippen molar-refractivity contribution in [3.05, 3.63) is 12.2 Å². The molecular formula is C46H88NNaO11S. The molecule has 14 heteroatoms. The van der Waals surface area contributed by atoms with Crippen LogP contribution in [-0.2, 0) is 28.9 Å². The maximum absolute atomic E-state index is 13.0. The molecule has 7 atom stereocenters. The molecule has 12 nitrogen and oxygen atoms in total. The van der Waals surface area contributed by atoms with Gasteiger partial charge in [-0.3, -0.25) is 8.98 Å². The third kappa shape index (κ3) is 32.5. The summed E-state index contributed by atoms with van der Waals surface area (Å²) in [6.07, 6.45) is 32.2. The molecule has 350 valence electrons. The molecular weight excluding hydrogens is 798 g/mol. The summed E-state index contributed by atoms with van der Waals surface area (Å²) in [6.45, 7) is 3.36. The molecule has 1 aliphatic rings. The van der Waals surface area contributed by atoms with Gasteiger partial charge in [0, 0.05) is 6.42 Å². The zero-order valence-electron chi connectivity index (χ0n) is 38.3. The molecule has 0 aromatic rings. The van der Waals surface area contributed by atoms with Gasteiger partial charge in [0.05, 0.1) is 25.4 Å². The van der Waals surface area contributed by atoms with Gasteiger partial charge in [0.1, 0.15) is 24.4 Å². The van der Waals surface area contributed by atoms with E-state index in [2.05, 4.69) is 23.3 Å². The quantitative estimate of drug-likeness (QED) is 0.0154. The monoisotopic (exact) mass is 886 g/mol. The molecule has 1 amide bonds. The molecule has 60 heavy (non-hydrogen) atoms. The third-order valence-electron chi connectivity index (χ3n) is 11.6. The van der Waals surface area contributed by atoms with Gasteiger partial charge in [-0.25, -0.2) is 8.42 Å². The summed E-state index contributed by atoms with van der Waals surface area (Å²) in [5, 5.41) is 44.6. The summed E-state index contributed by atoms with van der Waals surface area (Å²) in [7, 11) is -5.33. The number of aliphatic hydroxyl groups is 4. The average Bonchev–Trinajstić information content (AvgIpc) is 3.20. The molecule has 0 aliphatic carbocycles. The van der Waals surface area contributed by atoms with Gasteiger partial charge >= 0.3 is 29.6 Å². The van der Waals surface area contributed by atoms with E-state index in [0.717, 1.165) is 38.5 Å². The van der Waals surface area contributed by atoms with Crippen LogP contribution in [0.2, 0.25) is 0 Å². The second kappa shape index (κ2) is 40.4. The number of carbonyl (C=O) groups is 1. The number of carbonyl (C=O) groups excluding carboxylic acids is 1. The van der Waals surface area contributed by atoms with Crippen molar-refractivity contribution in [2.45, 2.75) is 262 Å². The maximum Gasteiger partial charge on any atom is 1.00 e. The molecule has 0 aromatic carbocycles. The van der Waals surface area contributed by atoms with Crippen LogP contribution >= 0.6 is 0 Å². The minimum Gasteiger partial charge on any atom is -0.726 e. The fourth-order valence-corrected chi connectivity index (χ4v) is 8.30. The van der Waals surface area contributed by atoms with Crippen LogP contribution in [0.15, 0.2) is 12.2 Å². The van der Waals surface area contributed by atoms with Gasteiger partial charge in [0.2, 0.25) is 16.3 Å². The van der Waals surface area contributed by atoms with Crippen molar-refractivity contribution < 1.29 is 81.4 Å². The summed E-state index contributed by atoms with van der Waals surface area (Å²) in [5.74, 6) is -0.268. The van der Waals surface area contributed by atoms with Crippen LogP contribution in [0.25, 0.3) is 0 Å². The molecule has 0 spiro atoms. The molecule has 1 aliphatic heterocycles. The van der Waals surface area contributed by atoms with Gasteiger partial charge in [-0.2, -0.15) is 0 Å². The molecule has 0 radical (unpaired) electrons. The Bertz CT molecular complexity index is 1120. The Morgan fingerprint density at radius 2 is 1.08 bits per heavy atom. The first-order valence-electron chi connectivity index (χ1n) is 24.1. The van der Waals surface area contributed by atoms with Gasteiger partial charge in [-0.1, -0.05) is 206 Å². The van der Waals surface area contributed by atoms with Crippen LogP contribution in [0.4, 0.5) is 0 Å². The van der Waals surface area contributed by atoms with E-state index in [0.29, 0.717) is 6.42 Å². The second-order valence-corrected chi connectivity index (χ2v) is 18.0. The number of rotatable bonds is 41. The summed E-state index contributed by atoms with van der Waals surface area (Å²) < 4.78 is 49.3. The van der Waals surface area contributed by atoms with E-state index in [1.165, 1.54) is 154 Å². The predicted molar refractivity (Wildman–Crippen MR) is 234 cm³/mol. The zero-order valence-corrected chi connectivity index (χ0v) is 41.1. The summed E-state index contributed by atoms with van der Waals surface area (Å²) in [6, 6.07) is -0.950. The van der Waals surface area contributed by atoms with Crippen molar-refractivity contribution in [2.24, 2.45) is 0 Å². The standard InChI is InChI=1S/C46H89NO11S.Na/c1-3-5-7-9-11-13-15-17-18-19-20-21-22-24-26-28-30-32-34-36-42(50)47-39(40(49)35-33-31-29-27-25-23-16-14-12-10-8-6-4-2)38-56-46-44(52)45(58-59(53,54)55)43(51)41(37-48)57-46;/h33,35,39-41,43-46,48-49,51-52H,3-32,34,36-38H2,1-2H3,(H,47,50)(H,53,54,55);/q;+1/p-1/b35-33+;/t39-,40+,41+,43-,44+,45-,46-;/m0./s1. The summed E-state index contributed by atoms with van der Waals surface area (Å²) >= 11 is 0. The van der Waals surface area contributed by atoms with Gasteiger partial charge in [-0.15, -0.1) is 0 Å². The van der Waals surface area contributed by atoms with Crippen LogP contribution in [0.5, 0.6) is 0 Å². The molecule has 0 aromatic heterocycles. The molecule has 1 fully saturated rings. The van der Waals surface area contributed by atoms with Crippen LogP contribution in [-0.4, -0.2) is 95.4 Å². The Hall–Kier alpha value is -0.160. The minimum atomic E-state index is -5.33. The van der Waals surface area contributed by atoms with Gasteiger partial charge in [0.25, 0.3) is 0 Å². The molecule has 1 rings (SSSR count). The fourth-order valence-electron chi connectivity index (χ4n) is 7.80. The van der Waals surface area contributed by atoms with Crippen molar-refractivity contribution >= 4 is 16.3 Å². The Balaban J connectivity index is 0.0000348. The number of hydrogen-bond donors (Lipinski definition) is 5. The number of ether oxygens (including phenoxy) is 2. The zero-order chi connectivity index (χ0) is 43.4. The molecule has 1 heterocycles. The van der Waals surface area contributed by atoms with E-state index in [4.69, 9.17) is 9.47 Å². The number of nitrogens with one attached hydrogen (secondary N) is 1. The number of hydrogen-bond acceptors (Lipinski definition) is 11. The van der Waals surface area contributed by atoms with Crippen LogP contribution in [0, 0.1) is 0 Å². The normalized spacial score (nSPS) is 20.6. The Labute approximate surface area is 388 Å². The van der Waals surface area contributed by atoms with Crippen molar-refractivity contribution in [1.29, 1.82) is 0 Å². The van der Waals surface area contributed by atoms with Crippen molar-refractivity contribution in [1.82, 2.24) is 5.32 Å². The maximum atomic E-state index is 13.0. The fraction of sp³-hybridized carbons (Fsp3) is 0.935. The number of amides is 1. The summed E-state index contributed by atoms with van der Waals surface area (Å²) in [4.78, 5) is 13.0. The van der Waals surface area contributed by atoms with E-state index in [1.807, 2.05) is 6.08 Å². The van der Waals surface area contributed by atoms with Gasteiger partial charge < -0.3 is 39.8 Å². The van der Waals surface area contributed by atoms with Crippen LogP contribution in [0.1, 0.15) is 219 Å². The van der Waals surface area contributed by atoms with Crippen molar-refractivity contribution in [2.75, 3.05) is 13.2 Å². The molecule has 0 unspecified atom stereocenters. The van der Waals surface area contributed by atoms with Gasteiger partial charge in [-0.05, 0) is 19.3 Å². The third-order valence-corrected chi connectivity index (χ3v) is 12.0. The number of allylic oxidation sites excluding steroid dienone is 1. The molecule has 1 saturated heterocycles. The first-order chi connectivity index (χ1) is 28.5. The van der Waals surface area contributed by atoms with Gasteiger partial charge in [0.15, 0.2) is 6.29 Å². The topological polar surface area (TPSA) is 195 Å². The van der Waals surface area contributed by atoms with E-state index in [1.54, 1.807) is 6.08 Å². The van der Waals surface area contributed by atoms with Crippen molar-refractivity contribution in [3.63, 3.8) is 0 Å². The molecule has 0 bridgehead atoms. The minimum absolute atomic E-state index is 0. The first kappa shape index (κ1) is 59.8. The second-order valence-electron chi connectivity index (χ2n) is 17.0. The van der Waals surface area contributed by atoms with Crippen LogP contribution < -0.4 is 34.9 Å². The Morgan fingerprint density at radius 3 is 1.48 bits per heavy atom. The molecule has 5 N–H and O–H groups in total. The van der Waals surface area contributed by atoms with E-state index in [9.17, 15) is 38.2 Å². The largest absolute Gasteiger partial charge is 1.00 e.